The van der Waals surface area contributed by atoms with E-state index in [0.29, 0.717) is 0 Å². The fourth-order valence-electron chi connectivity index (χ4n) is 2.95. The van der Waals surface area contributed by atoms with Crippen molar-refractivity contribution < 1.29 is 4.74 Å². The van der Waals surface area contributed by atoms with Crippen molar-refractivity contribution in [3.8, 4) is 5.75 Å². The third-order valence-corrected chi connectivity index (χ3v) is 11.0. The van der Waals surface area contributed by atoms with Crippen LogP contribution in [0, 0.1) is 0 Å². The summed E-state index contributed by atoms with van der Waals surface area (Å²) in [6.07, 6.45) is 9.92. The number of ether oxygens (including phenoxy) is 1. The van der Waals surface area contributed by atoms with Crippen molar-refractivity contribution in [2.24, 2.45) is 0 Å². The second-order valence-electron chi connectivity index (χ2n) is 4.98. The van der Waals surface area contributed by atoms with E-state index in [2.05, 4.69) is 45.5 Å². The average molecular weight is 374 g/mol. The monoisotopic (exact) mass is 374 g/mol. The number of fused-ring (bicyclic) bond motifs is 1. The van der Waals surface area contributed by atoms with E-state index in [1.807, 2.05) is 0 Å². The summed E-state index contributed by atoms with van der Waals surface area (Å²) in [5, 5.41) is 2.82. The van der Waals surface area contributed by atoms with Gasteiger partial charge in [0.25, 0.3) is 0 Å². The van der Waals surface area contributed by atoms with Crippen molar-refractivity contribution in [2.75, 3.05) is 18.6 Å². The van der Waals surface area contributed by atoms with Crippen LogP contribution in [0.5, 0.6) is 5.75 Å². The number of methoxy groups -OCH3 is 1. The Morgan fingerprint density at radius 1 is 1.06 bits per heavy atom. The normalized spacial score (nSPS) is 22.6. The summed E-state index contributed by atoms with van der Waals surface area (Å²) in [5.74, 6) is 3.85. The van der Waals surface area contributed by atoms with Gasteiger partial charge in [-0.05, 0) is 75.7 Å². The maximum atomic E-state index is 5.52. The van der Waals surface area contributed by atoms with Gasteiger partial charge in [-0.25, -0.2) is 0 Å². The van der Waals surface area contributed by atoms with Gasteiger partial charge < -0.3 is 4.74 Å². The number of rotatable bonds is 2. The first-order valence-corrected chi connectivity index (χ1v) is 11.1. The summed E-state index contributed by atoms with van der Waals surface area (Å²) in [5.41, 5.74) is 0. The fourth-order valence-corrected chi connectivity index (χ4v) is 8.84. The number of halogens is 1. The topological polar surface area (TPSA) is 9.23 Å². The first-order chi connectivity index (χ1) is 8.74. The second kappa shape index (κ2) is 5.08. The predicted molar refractivity (Wildman–Crippen MR) is 89.3 cm³/mol. The SMILES string of the molecule is COc1ccc(S2(I)CCCC2)c2c1=CCCC=2. The van der Waals surface area contributed by atoms with Crippen LogP contribution in [-0.2, 0) is 0 Å². The summed E-state index contributed by atoms with van der Waals surface area (Å²) in [4.78, 5) is 1.62. The minimum Gasteiger partial charge on any atom is -0.496 e. The van der Waals surface area contributed by atoms with Crippen LogP contribution < -0.4 is 15.2 Å². The number of hydrogen-bond acceptors (Lipinski definition) is 1. The van der Waals surface area contributed by atoms with E-state index in [0.717, 1.165) is 12.2 Å². The molecule has 0 radical (unpaired) electrons. The molecule has 3 rings (SSSR count). The lowest BCUT2D eigenvalue weighted by Gasteiger charge is -2.29. The number of benzene rings is 1. The van der Waals surface area contributed by atoms with E-state index in [9.17, 15) is 0 Å². The Morgan fingerprint density at radius 2 is 1.72 bits per heavy atom. The molecule has 0 unspecified atom stereocenters. The van der Waals surface area contributed by atoms with Crippen LogP contribution in [0.1, 0.15) is 25.7 Å². The van der Waals surface area contributed by atoms with Crippen molar-refractivity contribution in [3.63, 3.8) is 0 Å². The van der Waals surface area contributed by atoms with Crippen molar-refractivity contribution >= 4 is 40.6 Å². The molecule has 0 atom stereocenters. The molecule has 1 nitrogen and oxygen atoms in total. The lowest BCUT2D eigenvalue weighted by molar-refractivity contribution is 0.410. The van der Waals surface area contributed by atoms with E-state index < -0.39 is 7.20 Å². The highest BCUT2D eigenvalue weighted by atomic mass is 127. The standard InChI is InChI=1S/C15H19IOS/c1-17-14-8-9-15(18(16)10-4-5-11-18)13-7-3-2-6-12(13)14/h6-9H,2-5,10-11H2,1H3. The Morgan fingerprint density at radius 3 is 2.39 bits per heavy atom. The summed E-state index contributed by atoms with van der Waals surface area (Å²) in [7, 11) is 1.19. The molecule has 1 fully saturated rings. The molecule has 3 heteroatoms. The third kappa shape index (κ3) is 2.09. The zero-order valence-electron chi connectivity index (χ0n) is 10.7. The Bertz CT molecular complexity index is 573. The predicted octanol–water partition coefficient (Wildman–Crippen LogP) is 3.36. The quantitative estimate of drug-likeness (QED) is 0.722. The van der Waals surface area contributed by atoms with Gasteiger partial charge in [0.2, 0.25) is 0 Å². The molecular weight excluding hydrogens is 355 g/mol. The summed E-state index contributed by atoms with van der Waals surface area (Å²) in [6.45, 7) is 0. The third-order valence-electron chi connectivity index (χ3n) is 3.87. The smallest absolute Gasteiger partial charge is 0.126 e. The minimum absolute atomic E-state index is 0.586. The van der Waals surface area contributed by atoms with Crippen LogP contribution >= 0.6 is 28.4 Å². The molecule has 18 heavy (non-hydrogen) atoms. The Balaban J connectivity index is 2.24. The van der Waals surface area contributed by atoms with Crippen LogP contribution in [-0.4, -0.2) is 18.6 Å². The van der Waals surface area contributed by atoms with Crippen LogP contribution in [0.3, 0.4) is 0 Å². The molecule has 0 saturated carbocycles. The molecule has 98 valence electrons. The Hall–Kier alpha value is -0.160. The van der Waals surface area contributed by atoms with Crippen LogP contribution in [0.2, 0.25) is 0 Å². The molecule has 1 aromatic carbocycles. The molecule has 0 bridgehead atoms. The summed E-state index contributed by atoms with van der Waals surface area (Å²) >= 11 is 2.77. The fraction of sp³-hybridized carbons (Fsp3) is 0.467. The van der Waals surface area contributed by atoms with E-state index in [1.54, 1.807) is 12.0 Å². The molecule has 1 saturated heterocycles. The van der Waals surface area contributed by atoms with Gasteiger partial charge in [-0.1, -0.05) is 12.2 Å². The maximum absolute atomic E-state index is 5.52. The highest BCUT2D eigenvalue weighted by Crippen LogP contribution is 2.66. The van der Waals surface area contributed by atoms with Crippen molar-refractivity contribution in [1.82, 2.24) is 0 Å². The largest absolute Gasteiger partial charge is 0.496 e. The molecule has 0 amide bonds. The van der Waals surface area contributed by atoms with Gasteiger partial charge in [0, 0.05) is 10.1 Å². The van der Waals surface area contributed by atoms with Crippen LogP contribution in [0.15, 0.2) is 17.0 Å². The molecule has 1 aromatic rings. The van der Waals surface area contributed by atoms with Gasteiger partial charge in [-0.15, -0.1) is 0 Å². The average Bonchev–Trinajstić information content (AvgIpc) is 2.85. The minimum atomic E-state index is -0.586. The molecule has 0 aromatic heterocycles. The Kier molecular flexibility index (Phi) is 3.63. The molecule has 1 heterocycles. The van der Waals surface area contributed by atoms with Gasteiger partial charge in [-0.3, -0.25) is 0 Å². The summed E-state index contributed by atoms with van der Waals surface area (Å²) in [6, 6.07) is 4.51. The maximum Gasteiger partial charge on any atom is 0.126 e. The van der Waals surface area contributed by atoms with E-state index >= 15 is 0 Å². The van der Waals surface area contributed by atoms with E-state index in [1.165, 1.54) is 41.2 Å². The second-order valence-corrected chi connectivity index (χ2v) is 12.9. The molecule has 1 aliphatic carbocycles. The summed E-state index contributed by atoms with van der Waals surface area (Å²) < 4.78 is 5.52. The number of hydrogen-bond donors (Lipinski definition) is 0. The Labute approximate surface area is 122 Å². The van der Waals surface area contributed by atoms with Gasteiger partial charge >= 0.3 is 0 Å². The molecule has 2 aliphatic rings. The zero-order chi connectivity index (χ0) is 12.6. The van der Waals surface area contributed by atoms with E-state index in [-0.39, 0.29) is 0 Å². The van der Waals surface area contributed by atoms with E-state index in [4.69, 9.17) is 4.74 Å². The van der Waals surface area contributed by atoms with Gasteiger partial charge in [0.05, 0.1) is 7.11 Å². The first kappa shape index (κ1) is 12.9. The zero-order valence-corrected chi connectivity index (χ0v) is 13.7. The van der Waals surface area contributed by atoms with Gasteiger partial charge in [-0.2, -0.15) is 7.20 Å². The van der Waals surface area contributed by atoms with Crippen LogP contribution in [0.4, 0.5) is 0 Å². The molecule has 0 spiro atoms. The molecule has 1 aliphatic heterocycles. The highest BCUT2D eigenvalue weighted by Gasteiger charge is 2.28. The lowest BCUT2D eigenvalue weighted by Crippen LogP contribution is -2.32. The first-order valence-electron chi connectivity index (χ1n) is 6.60. The van der Waals surface area contributed by atoms with Crippen molar-refractivity contribution in [3.05, 3.63) is 22.6 Å². The van der Waals surface area contributed by atoms with Crippen molar-refractivity contribution in [1.29, 1.82) is 0 Å². The highest BCUT2D eigenvalue weighted by molar-refractivity contribution is 14.2. The van der Waals surface area contributed by atoms with Crippen molar-refractivity contribution in [2.45, 2.75) is 30.6 Å². The lowest BCUT2D eigenvalue weighted by atomic mass is 10.1. The molecular formula is C15H19IOS. The molecule has 0 N–H and O–H groups in total. The van der Waals surface area contributed by atoms with Gasteiger partial charge in [0.15, 0.2) is 0 Å². The van der Waals surface area contributed by atoms with Gasteiger partial charge in [0.1, 0.15) is 5.75 Å². The van der Waals surface area contributed by atoms with Crippen LogP contribution in [0.25, 0.3) is 12.2 Å².